The number of anilines is 2. The van der Waals surface area contributed by atoms with Crippen molar-refractivity contribution in [2.45, 2.75) is 11.3 Å². The number of hydrogen-bond acceptors (Lipinski definition) is 3. The molecule has 122 valence electrons. The summed E-state index contributed by atoms with van der Waals surface area (Å²) in [4.78, 5) is 13.1. The third-order valence-electron chi connectivity index (χ3n) is 4.48. The average molecular weight is 337 g/mol. The first-order valence-corrected chi connectivity index (χ1v) is 9.20. The molecule has 0 saturated heterocycles. The number of rotatable bonds is 2. The number of carbonyl (C=O) groups excluding carboxylic acids is 1. The van der Waals surface area contributed by atoms with Gasteiger partial charge in [0.15, 0.2) is 0 Å². The first-order chi connectivity index (χ1) is 11.7. The Balaban J connectivity index is 1.93. The number of para-hydroxylation sites is 1. The summed E-state index contributed by atoms with van der Waals surface area (Å²) < 4.78 is 2.17. The third kappa shape index (κ3) is 2.45. The Kier molecular flexibility index (Phi) is 3.73. The number of nitrogens with zero attached hydrogens (tertiary/aromatic N) is 1. The first kappa shape index (κ1) is 15.1. The SMILES string of the molecule is CSc1ccc2c(-c3cccc4c3NCCC(=O)N4)cn(C)c2c1. The molecule has 1 aliphatic rings. The molecular formula is C19H19N3OS. The summed E-state index contributed by atoms with van der Waals surface area (Å²) in [6, 6.07) is 12.6. The van der Waals surface area contributed by atoms with E-state index in [4.69, 9.17) is 0 Å². The highest BCUT2D eigenvalue weighted by atomic mass is 32.2. The molecule has 5 heteroatoms. The van der Waals surface area contributed by atoms with Gasteiger partial charge in [-0.25, -0.2) is 0 Å². The van der Waals surface area contributed by atoms with Crippen molar-refractivity contribution in [3.8, 4) is 11.1 Å². The van der Waals surface area contributed by atoms with Crippen LogP contribution < -0.4 is 10.6 Å². The molecule has 0 aliphatic carbocycles. The lowest BCUT2D eigenvalue weighted by molar-refractivity contribution is -0.115. The van der Waals surface area contributed by atoms with Crippen molar-refractivity contribution in [2.24, 2.45) is 7.05 Å². The van der Waals surface area contributed by atoms with E-state index in [9.17, 15) is 4.79 Å². The van der Waals surface area contributed by atoms with Crippen LogP contribution in [0.5, 0.6) is 0 Å². The number of thioether (sulfide) groups is 1. The number of aryl methyl sites for hydroxylation is 1. The van der Waals surface area contributed by atoms with Crippen molar-refractivity contribution < 1.29 is 4.79 Å². The highest BCUT2D eigenvalue weighted by molar-refractivity contribution is 7.98. The molecule has 1 aromatic heterocycles. The maximum atomic E-state index is 11.8. The van der Waals surface area contributed by atoms with Gasteiger partial charge in [0.2, 0.25) is 5.91 Å². The molecule has 3 aromatic rings. The van der Waals surface area contributed by atoms with E-state index in [0.717, 1.165) is 16.9 Å². The van der Waals surface area contributed by atoms with E-state index in [1.807, 2.05) is 12.1 Å². The zero-order valence-electron chi connectivity index (χ0n) is 13.7. The van der Waals surface area contributed by atoms with E-state index in [2.05, 4.69) is 59.0 Å². The lowest BCUT2D eigenvalue weighted by Gasteiger charge is -2.13. The third-order valence-corrected chi connectivity index (χ3v) is 5.21. The Labute approximate surface area is 145 Å². The van der Waals surface area contributed by atoms with E-state index < -0.39 is 0 Å². The predicted molar refractivity (Wildman–Crippen MR) is 102 cm³/mol. The molecule has 0 saturated carbocycles. The fourth-order valence-corrected chi connectivity index (χ4v) is 3.72. The van der Waals surface area contributed by atoms with Crippen LogP contribution in [-0.2, 0) is 11.8 Å². The largest absolute Gasteiger partial charge is 0.382 e. The fourth-order valence-electron chi connectivity index (χ4n) is 3.29. The molecule has 0 fully saturated rings. The summed E-state index contributed by atoms with van der Waals surface area (Å²) in [6.07, 6.45) is 4.74. The smallest absolute Gasteiger partial charge is 0.226 e. The van der Waals surface area contributed by atoms with E-state index in [-0.39, 0.29) is 5.91 Å². The summed E-state index contributed by atoms with van der Waals surface area (Å²) in [5.74, 6) is 0.0564. The maximum Gasteiger partial charge on any atom is 0.226 e. The molecular weight excluding hydrogens is 318 g/mol. The Hall–Kier alpha value is -2.40. The van der Waals surface area contributed by atoms with E-state index >= 15 is 0 Å². The molecule has 1 amide bonds. The fraction of sp³-hybridized carbons (Fsp3) is 0.211. The Morgan fingerprint density at radius 1 is 1.17 bits per heavy atom. The minimum atomic E-state index is 0.0564. The summed E-state index contributed by atoms with van der Waals surface area (Å²) >= 11 is 1.75. The highest BCUT2D eigenvalue weighted by Crippen LogP contribution is 2.40. The van der Waals surface area contributed by atoms with Crippen molar-refractivity contribution in [1.29, 1.82) is 0 Å². The zero-order valence-corrected chi connectivity index (χ0v) is 14.5. The van der Waals surface area contributed by atoms with Gasteiger partial charge in [0.1, 0.15) is 0 Å². The monoisotopic (exact) mass is 337 g/mol. The molecule has 4 rings (SSSR count). The van der Waals surface area contributed by atoms with Crippen molar-refractivity contribution in [2.75, 3.05) is 23.4 Å². The molecule has 2 aromatic carbocycles. The standard InChI is InChI=1S/C19H19N3OS/c1-22-11-15(13-7-6-12(24-2)10-17(13)22)14-4-3-5-16-19(14)20-9-8-18(23)21-16/h3-7,10-11,20H,8-9H2,1-2H3,(H,21,23). The van der Waals surface area contributed by atoms with E-state index in [0.29, 0.717) is 13.0 Å². The van der Waals surface area contributed by atoms with Crippen LogP contribution in [0.25, 0.3) is 22.0 Å². The Morgan fingerprint density at radius 2 is 2.04 bits per heavy atom. The Morgan fingerprint density at radius 3 is 2.88 bits per heavy atom. The lowest BCUT2D eigenvalue weighted by Crippen LogP contribution is -2.10. The molecule has 24 heavy (non-hydrogen) atoms. The molecule has 0 radical (unpaired) electrons. The van der Waals surface area contributed by atoms with Gasteiger partial charge in [0, 0.05) is 53.1 Å². The number of amides is 1. The second-order valence-electron chi connectivity index (χ2n) is 5.99. The highest BCUT2D eigenvalue weighted by Gasteiger charge is 2.18. The van der Waals surface area contributed by atoms with Crippen molar-refractivity contribution >= 4 is 39.9 Å². The van der Waals surface area contributed by atoms with Crippen molar-refractivity contribution in [3.05, 3.63) is 42.6 Å². The second-order valence-corrected chi connectivity index (χ2v) is 6.87. The van der Waals surface area contributed by atoms with Gasteiger partial charge in [-0.15, -0.1) is 11.8 Å². The molecule has 0 unspecified atom stereocenters. The van der Waals surface area contributed by atoms with Crippen LogP contribution in [0, 0.1) is 0 Å². The molecule has 1 aliphatic heterocycles. The first-order valence-electron chi connectivity index (χ1n) is 7.97. The number of aromatic nitrogens is 1. The lowest BCUT2D eigenvalue weighted by atomic mass is 10.0. The molecule has 2 N–H and O–H groups in total. The van der Waals surface area contributed by atoms with E-state index in [1.165, 1.54) is 21.4 Å². The molecule has 4 nitrogen and oxygen atoms in total. The zero-order chi connectivity index (χ0) is 16.7. The summed E-state index contributed by atoms with van der Waals surface area (Å²) in [5, 5.41) is 7.64. The Bertz CT molecular complexity index is 945. The van der Waals surface area contributed by atoms with Crippen molar-refractivity contribution in [1.82, 2.24) is 4.57 Å². The van der Waals surface area contributed by atoms with Gasteiger partial charge in [0.05, 0.1) is 11.4 Å². The van der Waals surface area contributed by atoms with Gasteiger partial charge in [-0.05, 0) is 24.5 Å². The van der Waals surface area contributed by atoms with Gasteiger partial charge in [-0.3, -0.25) is 4.79 Å². The summed E-state index contributed by atoms with van der Waals surface area (Å²) in [5.41, 5.74) is 5.38. The van der Waals surface area contributed by atoms with Crippen LogP contribution in [0.15, 0.2) is 47.5 Å². The van der Waals surface area contributed by atoms with Gasteiger partial charge in [0.25, 0.3) is 0 Å². The van der Waals surface area contributed by atoms with Crippen LogP contribution in [-0.4, -0.2) is 23.3 Å². The average Bonchev–Trinajstić information content (AvgIpc) is 2.79. The van der Waals surface area contributed by atoms with E-state index in [1.54, 1.807) is 11.8 Å². The molecule has 0 atom stereocenters. The minimum absolute atomic E-state index is 0.0564. The number of fused-ring (bicyclic) bond motifs is 2. The molecule has 0 bridgehead atoms. The van der Waals surface area contributed by atoms with Crippen LogP contribution in [0.1, 0.15) is 6.42 Å². The maximum absolute atomic E-state index is 11.8. The number of carbonyl (C=O) groups is 1. The molecule has 0 spiro atoms. The normalized spacial score (nSPS) is 14.0. The topological polar surface area (TPSA) is 46.1 Å². The van der Waals surface area contributed by atoms with Gasteiger partial charge in [-0.1, -0.05) is 18.2 Å². The number of benzene rings is 2. The number of nitrogens with one attached hydrogen (secondary N) is 2. The van der Waals surface area contributed by atoms with Crippen LogP contribution in [0.3, 0.4) is 0 Å². The quantitative estimate of drug-likeness (QED) is 0.685. The predicted octanol–water partition coefficient (Wildman–Crippen LogP) is 4.32. The summed E-state index contributed by atoms with van der Waals surface area (Å²) in [6.45, 7) is 0.650. The van der Waals surface area contributed by atoms with Gasteiger partial charge in [-0.2, -0.15) is 0 Å². The van der Waals surface area contributed by atoms with Crippen LogP contribution in [0.2, 0.25) is 0 Å². The van der Waals surface area contributed by atoms with Crippen LogP contribution in [0.4, 0.5) is 11.4 Å². The van der Waals surface area contributed by atoms with Crippen LogP contribution >= 0.6 is 11.8 Å². The number of hydrogen-bond donors (Lipinski definition) is 2. The minimum Gasteiger partial charge on any atom is -0.382 e. The molecule has 2 heterocycles. The van der Waals surface area contributed by atoms with Crippen molar-refractivity contribution in [3.63, 3.8) is 0 Å². The summed E-state index contributed by atoms with van der Waals surface area (Å²) in [7, 11) is 2.08. The van der Waals surface area contributed by atoms with Gasteiger partial charge < -0.3 is 15.2 Å². The van der Waals surface area contributed by atoms with Gasteiger partial charge >= 0.3 is 0 Å². The second kappa shape index (κ2) is 5.91.